The number of anilines is 1. The molecule has 1 N–H and O–H groups in total. The first kappa shape index (κ1) is 15.0. The molecule has 1 aromatic carbocycles. The fourth-order valence-electron chi connectivity index (χ4n) is 2.84. The second kappa shape index (κ2) is 6.48. The van der Waals surface area contributed by atoms with Gasteiger partial charge in [0, 0.05) is 43.3 Å². The molecule has 1 aromatic rings. The van der Waals surface area contributed by atoms with Crippen molar-refractivity contribution in [2.45, 2.75) is 19.3 Å². The first-order chi connectivity index (χ1) is 10.6. The molecular formula is C17H23N3O2. The number of piperazine rings is 1. The molecule has 0 unspecified atom stereocenters. The van der Waals surface area contributed by atoms with Crippen molar-refractivity contribution < 1.29 is 9.59 Å². The maximum Gasteiger partial charge on any atom is 0.254 e. The Morgan fingerprint density at radius 1 is 1.14 bits per heavy atom. The lowest BCUT2D eigenvalue weighted by Gasteiger charge is -2.32. The van der Waals surface area contributed by atoms with Gasteiger partial charge in [-0.15, -0.1) is 0 Å². The maximum atomic E-state index is 12.5. The first-order valence-corrected chi connectivity index (χ1v) is 8.02. The van der Waals surface area contributed by atoms with E-state index in [1.54, 1.807) is 6.07 Å². The molecule has 5 nitrogen and oxygen atoms in total. The highest BCUT2D eigenvalue weighted by Crippen LogP contribution is 2.27. The minimum Gasteiger partial charge on any atom is -0.336 e. The van der Waals surface area contributed by atoms with Crippen LogP contribution in [0, 0.1) is 5.92 Å². The van der Waals surface area contributed by atoms with Gasteiger partial charge in [-0.05, 0) is 38.1 Å². The average molecular weight is 301 g/mol. The lowest BCUT2D eigenvalue weighted by atomic mass is 9.85. The van der Waals surface area contributed by atoms with E-state index in [-0.39, 0.29) is 17.7 Å². The topological polar surface area (TPSA) is 52.6 Å². The zero-order valence-electron chi connectivity index (χ0n) is 13.0. The summed E-state index contributed by atoms with van der Waals surface area (Å²) in [6.07, 6.45) is 3.09. The van der Waals surface area contributed by atoms with Gasteiger partial charge in [0.2, 0.25) is 5.91 Å². The average Bonchev–Trinajstić information content (AvgIpc) is 2.45. The van der Waals surface area contributed by atoms with Crippen molar-refractivity contribution in [2.24, 2.45) is 5.92 Å². The minimum atomic E-state index is 0.0489. The van der Waals surface area contributed by atoms with Crippen molar-refractivity contribution in [3.8, 4) is 0 Å². The van der Waals surface area contributed by atoms with E-state index in [9.17, 15) is 9.59 Å². The number of hydrogen-bond donors (Lipinski definition) is 1. The Morgan fingerprint density at radius 2 is 1.86 bits per heavy atom. The predicted molar refractivity (Wildman–Crippen MR) is 85.8 cm³/mol. The standard InChI is InChI=1S/C17H23N3O2/c1-19-8-10-20(11-9-19)17(22)14-6-3-7-15(12-14)18-16(21)13-4-2-5-13/h3,6-7,12-13H,2,4-5,8-11H2,1H3,(H,18,21). The van der Waals surface area contributed by atoms with Gasteiger partial charge in [-0.25, -0.2) is 0 Å². The van der Waals surface area contributed by atoms with Crippen LogP contribution in [-0.4, -0.2) is 54.8 Å². The Kier molecular flexibility index (Phi) is 4.43. The van der Waals surface area contributed by atoms with Crippen LogP contribution in [0.3, 0.4) is 0 Å². The summed E-state index contributed by atoms with van der Waals surface area (Å²) >= 11 is 0. The van der Waals surface area contributed by atoms with E-state index >= 15 is 0 Å². The number of rotatable bonds is 3. The number of amides is 2. The molecule has 0 aromatic heterocycles. The fraction of sp³-hybridized carbons (Fsp3) is 0.529. The molecule has 0 spiro atoms. The number of carbonyl (C=O) groups excluding carboxylic acids is 2. The molecule has 3 rings (SSSR count). The number of likely N-dealkylation sites (N-methyl/N-ethyl adjacent to an activating group) is 1. The van der Waals surface area contributed by atoms with Crippen molar-refractivity contribution in [3.63, 3.8) is 0 Å². The molecule has 1 aliphatic carbocycles. The van der Waals surface area contributed by atoms with Gasteiger partial charge in [-0.1, -0.05) is 12.5 Å². The first-order valence-electron chi connectivity index (χ1n) is 8.02. The second-order valence-electron chi connectivity index (χ2n) is 6.29. The number of carbonyl (C=O) groups is 2. The van der Waals surface area contributed by atoms with Crippen LogP contribution in [0.2, 0.25) is 0 Å². The Labute approximate surface area is 131 Å². The SMILES string of the molecule is CN1CCN(C(=O)c2cccc(NC(=O)C3CCC3)c2)CC1. The summed E-state index contributed by atoms with van der Waals surface area (Å²) in [7, 11) is 2.07. The van der Waals surface area contributed by atoms with E-state index in [0.717, 1.165) is 51.1 Å². The largest absolute Gasteiger partial charge is 0.336 e. The van der Waals surface area contributed by atoms with Crippen LogP contribution in [0.1, 0.15) is 29.6 Å². The summed E-state index contributed by atoms with van der Waals surface area (Å²) in [6, 6.07) is 7.29. The van der Waals surface area contributed by atoms with Gasteiger partial charge in [-0.2, -0.15) is 0 Å². The van der Waals surface area contributed by atoms with Crippen LogP contribution in [-0.2, 0) is 4.79 Å². The molecule has 0 bridgehead atoms. The maximum absolute atomic E-state index is 12.5. The zero-order valence-corrected chi connectivity index (χ0v) is 13.0. The summed E-state index contributed by atoms with van der Waals surface area (Å²) in [5.74, 6) is 0.278. The monoisotopic (exact) mass is 301 g/mol. The summed E-state index contributed by atoms with van der Waals surface area (Å²) in [6.45, 7) is 3.33. The zero-order chi connectivity index (χ0) is 15.5. The van der Waals surface area contributed by atoms with Gasteiger partial charge < -0.3 is 15.1 Å². The smallest absolute Gasteiger partial charge is 0.254 e. The molecule has 2 amide bonds. The molecule has 1 saturated carbocycles. The molecule has 1 heterocycles. The van der Waals surface area contributed by atoms with Gasteiger partial charge in [0.15, 0.2) is 0 Å². The lowest BCUT2D eigenvalue weighted by Crippen LogP contribution is -2.47. The van der Waals surface area contributed by atoms with E-state index < -0.39 is 0 Å². The van der Waals surface area contributed by atoms with Gasteiger partial charge in [-0.3, -0.25) is 9.59 Å². The van der Waals surface area contributed by atoms with E-state index in [1.165, 1.54) is 0 Å². The third kappa shape index (κ3) is 3.30. The molecule has 1 aliphatic heterocycles. The molecular weight excluding hydrogens is 278 g/mol. The Bertz CT molecular complexity index is 561. The normalized spacial score (nSPS) is 19.6. The molecule has 0 radical (unpaired) electrons. The van der Waals surface area contributed by atoms with Crippen molar-refractivity contribution in [3.05, 3.63) is 29.8 Å². The summed E-state index contributed by atoms with van der Waals surface area (Å²) in [5, 5.41) is 2.93. The predicted octanol–water partition coefficient (Wildman–Crippen LogP) is 1.81. The number of nitrogens with one attached hydrogen (secondary N) is 1. The van der Waals surface area contributed by atoms with Gasteiger partial charge in [0.25, 0.3) is 5.91 Å². The highest BCUT2D eigenvalue weighted by atomic mass is 16.2. The van der Waals surface area contributed by atoms with Crippen LogP contribution in [0.4, 0.5) is 5.69 Å². The number of nitrogens with zero attached hydrogens (tertiary/aromatic N) is 2. The third-order valence-corrected chi connectivity index (χ3v) is 4.64. The lowest BCUT2D eigenvalue weighted by molar-refractivity contribution is -0.122. The van der Waals surface area contributed by atoms with Crippen LogP contribution >= 0.6 is 0 Å². The molecule has 2 aliphatic rings. The summed E-state index contributed by atoms with van der Waals surface area (Å²) in [4.78, 5) is 28.6. The Morgan fingerprint density at radius 3 is 2.50 bits per heavy atom. The molecule has 0 atom stereocenters. The molecule has 118 valence electrons. The molecule has 2 fully saturated rings. The second-order valence-corrected chi connectivity index (χ2v) is 6.29. The van der Waals surface area contributed by atoms with Crippen LogP contribution < -0.4 is 5.32 Å². The number of hydrogen-bond acceptors (Lipinski definition) is 3. The van der Waals surface area contributed by atoms with E-state index in [4.69, 9.17) is 0 Å². The van der Waals surface area contributed by atoms with Gasteiger partial charge in [0.1, 0.15) is 0 Å². The summed E-state index contributed by atoms with van der Waals surface area (Å²) in [5.41, 5.74) is 1.37. The minimum absolute atomic E-state index is 0.0489. The van der Waals surface area contributed by atoms with E-state index in [0.29, 0.717) is 5.56 Å². The fourth-order valence-corrected chi connectivity index (χ4v) is 2.84. The van der Waals surface area contributed by atoms with Crippen LogP contribution in [0.15, 0.2) is 24.3 Å². The van der Waals surface area contributed by atoms with Crippen LogP contribution in [0.25, 0.3) is 0 Å². The van der Waals surface area contributed by atoms with E-state index in [1.807, 2.05) is 23.1 Å². The van der Waals surface area contributed by atoms with Gasteiger partial charge in [0.05, 0.1) is 0 Å². The molecule has 1 saturated heterocycles. The van der Waals surface area contributed by atoms with Gasteiger partial charge >= 0.3 is 0 Å². The highest BCUT2D eigenvalue weighted by Gasteiger charge is 2.25. The Balaban J connectivity index is 1.65. The van der Waals surface area contributed by atoms with Crippen LogP contribution in [0.5, 0.6) is 0 Å². The van der Waals surface area contributed by atoms with Crippen molar-refractivity contribution >= 4 is 17.5 Å². The van der Waals surface area contributed by atoms with Crippen molar-refractivity contribution in [2.75, 3.05) is 38.5 Å². The third-order valence-electron chi connectivity index (χ3n) is 4.64. The Hall–Kier alpha value is -1.88. The van der Waals surface area contributed by atoms with E-state index in [2.05, 4.69) is 17.3 Å². The molecule has 5 heteroatoms. The number of benzene rings is 1. The van der Waals surface area contributed by atoms with Crippen molar-refractivity contribution in [1.82, 2.24) is 9.80 Å². The summed E-state index contributed by atoms with van der Waals surface area (Å²) < 4.78 is 0. The molecule has 22 heavy (non-hydrogen) atoms. The quantitative estimate of drug-likeness (QED) is 0.926. The van der Waals surface area contributed by atoms with Crippen molar-refractivity contribution in [1.29, 1.82) is 0 Å². The highest BCUT2D eigenvalue weighted by molar-refractivity contribution is 5.97.